The molecule has 0 saturated carbocycles. The molecule has 0 bridgehead atoms. The van der Waals surface area contributed by atoms with Gasteiger partial charge in [-0.3, -0.25) is 9.78 Å². The Bertz CT molecular complexity index is 801. The summed E-state index contributed by atoms with van der Waals surface area (Å²) in [4.78, 5) is 15.9. The third-order valence-electron chi connectivity index (χ3n) is 3.21. The molecule has 7 heteroatoms. The summed E-state index contributed by atoms with van der Waals surface area (Å²) in [5.74, 6) is 0.540. The number of nitrogens with one attached hydrogen (secondary N) is 1. The second kappa shape index (κ2) is 6.69. The van der Waals surface area contributed by atoms with Gasteiger partial charge in [0.25, 0.3) is 5.91 Å². The van der Waals surface area contributed by atoms with Crippen molar-refractivity contribution in [1.82, 2.24) is 25.3 Å². The molecule has 2 heterocycles. The summed E-state index contributed by atoms with van der Waals surface area (Å²) >= 11 is 0. The van der Waals surface area contributed by atoms with Gasteiger partial charge in [-0.1, -0.05) is 11.3 Å². The van der Waals surface area contributed by atoms with Crippen LogP contribution in [0.2, 0.25) is 0 Å². The van der Waals surface area contributed by atoms with E-state index in [1.807, 2.05) is 24.3 Å². The van der Waals surface area contributed by atoms with E-state index in [1.54, 1.807) is 36.3 Å². The monoisotopic (exact) mass is 309 g/mol. The van der Waals surface area contributed by atoms with Gasteiger partial charge in [-0.05, 0) is 24.3 Å². The van der Waals surface area contributed by atoms with Gasteiger partial charge in [0.2, 0.25) is 0 Å². The Kier molecular flexibility index (Phi) is 4.28. The molecule has 0 atom stereocenters. The lowest BCUT2D eigenvalue weighted by atomic mass is 10.2. The summed E-state index contributed by atoms with van der Waals surface area (Å²) in [6.45, 7) is 0.289. The van der Waals surface area contributed by atoms with Crippen molar-refractivity contribution in [3.05, 3.63) is 66.2 Å². The van der Waals surface area contributed by atoms with E-state index in [0.29, 0.717) is 11.3 Å². The number of hydrogen-bond donors (Lipinski definition) is 1. The smallest absolute Gasteiger partial charge is 0.253 e. The number of ether oxygens (including phenoxy) is 1. The molecule has 0 unspecified atom stereocenters. The Morgan fingerprint density at radius 1 is 1.30 bits per heavy atom. The van der Waals surface area contributed by atoms with Gasteiger partial charge < -0.3 is 10.1 Å². The van der Waals surface area contributed by atoms with Crippen LogP contribution < -0.4 is 10.1 Å². The molecule has 0 aliphatic heterocycles. The quantitative estimate of drug-likeness (QED) is 0.774. The molecule has 0 radical (unpaired) electrons. The first-order chi connectivity index (χ1) is 11.3. The number of carbonyl (C=O) groups is 1. The van der Waals surface area contributed by atoms with Gasteiger partial charge in [0.05, 0.1) is 31.1 Å². The molecule has 1 N–H and O–H groups in total. The van der Waals surface area contributed by atoms with Crippen LogP contribution in [0.25, 0.3) is 5.69 Å². The molecule has 7 nitrogen and oxygen atoms in total. The van der Waals surface area contributed by atoms with Gasteiger partial charge in [-0.15, -0.1) is 5.10 Å². The predicted molar refractivity (Wildman–Crippen MR) is 83.3 cm³/mol. The van der Waals surface area contributed by atoms with Gasteiger partial charge >= 0.3 is 0 Å². The van der Waals surface area contributed by atoms with Crippen molar-refractivity contribution in [2.75, 3.05) is 7.11 Å². The maximum Gasteiger partial charge on any atom is 0.253 e. The van der Waals surface area contributed by atoms with E-state index in [4.69, 9.17) is 4.74 Å². The van der Waals surface area contributed by atoms with Crippen LogP contribution >= 0.6 is 0 Å². The molecular formula is C16H15N5O2. The lowest BCUT2D eigenvalue weighted by molar-refractivity contribution is 0.0950. The number of aromatic nitrogens is 4. The predicted octanol–water partition coefficient (Wildman–Crippen LogP) is 1.60. The molecule has 1 amide bonds. The van der Waals surface area contributed by atoms with Crippen LogP contribution in [0.4, 0.5) is 0 Å². The lowest BCUT2D eigenvalue weighted by Crippen LogP contribution is -2.23. The van der Waals surface area contributed by atoms with Crippen LogP contribution in [-0.2, 0) is 6.54 Å². The van der Waals surface area contributed by atoms with Crippen LogP contribution in [0.15, 0.2) is 55.0 Å². The molecule has 0 aliphatic rings. The average Bonchev–Trinajstić information content (AvgIpc) is 3.09. The number of methoxy groups -OCH3 is 1. The molecule has 0 saturated heterocycles. The van der Waals surface area contributed by atoms with Crippen molar-refractivity contribution in [3.63, 3.8) is 0 Å². The van der Waals surface area contributed by atoms with Crippen molar-refractivity contribution in [2.24, 2.45) is 0 Å². The highest BCUT2D eigenvalue weighted by Gasteiger charge is 2.08. The van der Waals surface area contributed by atoms with Crippen molar-refractivity contribution in [3.8, 4) is 11.4 Å². The maximum atomic E-state index is 12.0. The highest BCUT2D eigenvalue weighted by Crippen LogP contribution is 2.15. The van der Waals surface area contributed by atoms with Crippen LogP contribution in [0, 0.1) is 0 Å². The molecule has 116 valence electrons. The fourth-order valence-corrected chi connectivity index (χ4v) is 2.03. The summed E-state index contributed by atoms with van der Waals surface area (Å²) < 4.78 is 6.82. The van der Waals surface area contributed by atoms with E-state index in [0.717, 1.165) is 11.4 Å². The lowest BCUT2D eigenvalue weighted by Gasteiger charge is -2.03. The third-order valence-corrected chi connectivity index (χ3v) is 3.21. The SMILES string of the molecule is COc1cccc(-n2cc(CNC(=O)c3cccnc3)nn2)c1. The van der Waals surface area contributed by atoms with Crippen LogP contribution in [0.5, 0.6) is 5.75 Å². The number of pyridine rings is 1. The molecule has 2 aromatic heterocycles. The zero-order valence-electron chi connectivity index (χ0n) is 12.5. The normalized spacial score (nSPS) is 10.3. The Labute approximate surface area is 132 Å². The molecule has 3 rings (SSSR count). The number of benzene rings is 1. The first-order valence-corrected chi connectivity index (χ1v) is 7.00. The third kappa shape index (κ3) is 3.52. The second-order valence-corrected chi connectivity index (χ2v) is 4.78. The van der Waals surface area contributed by atoms with Gasteiger partial charge in [-0.2, -0.15) is 0 Å². The zero-order chi connectivity index (χ0) is 16.1. The number of hydrogen-bond acceptors (Lipinski definition) is 5. The minimum Gasteiger partial charge on any atom is -0.497 e. The molecule has 3 aromatic rings. The van der Waals surface area contributed by atoms with Gasteiger partial charge in [0, 0.05) is 18.5 Å². The van der Waals surface area contributed by atoms with Crippen LogP contribution in [-0.4, -0.2) is 33.0 Å². The first kappa shape index (κ1) is 14.7. The zero-order valence-corrected chi connectivity index (χ0v) is 12.5. The molecule has 1 aromatic carbocycles. The minimum atomic E-state index is -0.200. The average molecular weight is 309 g/mol. The Hall–Kier alpha value is -3.22. The Morgan fingerprint density at radius 3 is 3.00 bits per heavy atom. The fourth-order valence-electron chi connectivity index (χ4n) is 2.03. The van der Waals surface area contributed by atoms with Crippen molar-refractivity contribution < 1.29 is 9.53 Å². The van der Waals surface area contributed by atoms with Crippen LogP contribution in [0.3, 0.4) is 0 Å². The first-order valence-electron chi connectivity index (χ1n) is 7.00. The minimum absolute atomic E-state index is 0.200. The summed E-state index contributed by atoms with van der Waals surface area (Å²) in [6.07, 6.45) is 4.90. The molecule has 0 fully saturated rings. The largest absolute Gasteiger partial charge is 0.497 e. The Morgan fingerprint density at radius 2 is 2.22 bits per heavy atom. The topological polar surface area (TPSA) is 81.9 Å². The van der Waals surface area contributed by atoms with Gasteiger partial charge in [0.15, 0.2) is 0 Å². The molecular weight excluding hydrogens is 294 g/mol. The number of rotatable bonds is 5. The van der Waals surface area contributed by atoms with E-state index in [2.05, 4.69) is 20.6 Å². The van der Waals surface area contributed by atoms with E-state index < -0.39 is 0 Å². The number of carbonyl (C=O) groups excluding carboxylic acids is 1. The van der Waals surface area contributed by atoms with Gasteiger partial charge in [-0.25, -0.2) is 4.68 Å². The van der Waals surface area contributed by atoms with E-state index in [-0.39, 0.29) is 12.5 Å². The van der Waals surface area contributed by atoms with E-state index >= 15 is 0 Å². The van der Waals surface area contributed by atoms with Gasteiger partial charge in [0.1, 0.15) is 11.4 Å². The standard InChI is InChI=1S/C16H15N5O2/c1-23-15-6-2-5-14(8-15)21-11-13(19-20-21)10-18-16(22)12-4-3-7-17-9-12/h2-9,11H,10H2,1H3,(H,18,22). The van der Waals surface area contributed by atoms with Crippen molar-refractivity contribution in [2.45, 2.75) is 6.54 Å². The highest BCUT2D eigenvalue weighted by atomic mass is 16.5. The van der Waals surface area contributed by atoms with Crippen molar-refractivity contribution >= 4 is 5.91 Å². The Balaban J connectivity index is 1.66. The summed E-state index contributed by atoms with van der Waals surface area (Å²) in [5.41, 5.74) is 2.00. The van der Waals surface area contributed by atoms with E-state index in [9.17, 15) is 4.79 Å². The highest BCUT2D eigenvalue weighted by molar-refractivity contribution is 5.93. The van der Waals surface area contributed by atoms with E-state index in [1.165, 1.54) is 6.20 Å². The van der Waals surface area contributed by atoms with Crippen molar-refractivity contribution in [1.29, 1.82) is 0 Å². The molecule has 23 heavy (non-hydrogen) atoms. The molecule has 0 aliphatic carbocycles. The summed E-state index contributed by atoms with van der Waals surface area (Å²) in [7, 11) is 1.61. The number of nitrogens with zero attached hydrogens (tertiary/aromatic N) is 4. The second-order valence-electron chi connectivity index (χ2n) is 4.78. The summed E-state index contributed by atoms with van der Waals surface area (Å²) in [5, 5.41) is 10.9. The number of amides is 1. The van der Waals surface area contributed by atoms with Crippen LogP contribution in [0.1, 0.15) is 16.1 Å². The molecule has 0 spiro atoms. The summed E-state index contributed by atoms with van der Waals surface area (Å²) in [6, 6.07) is 10.9. The fraction of sp³-hybridized carbons (Fsp3) is 0.125. The maximum absolute atomic E-state index is 12.0.